The number of carbonyl (C=O) groups is 1. The van der Waals surface area contributed by atoms with E-state index in [0.717, 1.165) is 0 Å². The van der Waals surface area contributed by atoms with Crippen LogP contribution in [0.5, 0.6) is 0 Å². The summed E-state index contributed by atoms with van der Waals surface area (Å²) in [6.45, 7) is 1.23. The first-order chi connectivity index (χ1) is 10.7. The molecular weight excluding hydrogens is 458 g/mol. The molecule has 0 saturated heterocycles. The Morgan fingerprint density at radius 1 is 1.22 bits per heavy atom. The lowest BCUT2D eigenvalue weighted by molar-refractivity contribution is -0.0355. The van der Waals surface area contributed by atoms with Gasteiger partial charge < -0.3 is 5.32 Å². The number of benzene rings is 2. The van der Waals surface area contributed by atoms with E-state index < -0.39 is 17.9 Å². The molecule has 23 heavy (non-hydrogen) atoms. The molecule has 1 amide bonds. The monoisotopic (exact) mass is 469 g/mol. The average molecular weight is 470 g/mol. The summed E-state index contributed by atoms with van der Waals surface area (Å²) in [6.07, 6.45) is 0. The van der Waals surface area contributed by atoms with Gasteiger partial charge in [-0.1, -0.05) is 35.3 Å². The van der Waals surface area contributed by atoms with Crippen molar-refractivity contribution in [2.75, 3.05) is 0 Å². The summed E-state index contributed by atoms with van der Waals surface area (Å²) in [5.74, 6) is -3.90. The van der Waals surface area contributed by atoms with Crippen molar-refractivity contribution < 1.29 is 13.6 Å². The molecule has 122 valence electrons. The van der Waals surface area contributed by atoms with E-state index in [1.807, 2.05) is 22.6 Å². The molecule has 0 saturated carbocycles. The third kappa shape index (κ3) is 4.14. The van der Waals surface area contributed by atoms with Gasteiger partial charge in [0.2, 0.25) is 0 Å². The molecular formula is C16H12Cl2F2INO. The quantitative estimate of drug-likeness (QED) is 0.588. The molecule has 0 radical (unpaired) electrons. The third-order valence-corrected chi connectivity index (χ3v) is 4.79. The normalized spacial score (nSPS) is 12.8. The summed E-state index contributed by atoms with van der Waals surface area (Å²) in [7, 11) is 0. The Morgan fingerprint density at radius 2 is 1.87 bits per heavy atom. The zero-order valence-corrected chi connectivity index (χ0v) is 15.6. The first-order valence-corrected chi connectivity index (χ1v) is 8.45. The van der Waals surface area contributed by atoms with Crippen molar-refractivity contribution in [2.24, 2.45) is 0 Å². The summed E-state index contributed by atoms with van der Waals surface area (Å²) in [4.78, 5) is 12.2. The first-order valence-electron chi connectivity index (χ1n) is 6.62. The average Bonchev–Trinajstić information content (AvgIpc) is 2.47. The van der Waals surface area contributed by atoms with Crippen LogP contribution in [0, 0.1) is 3.57 Å². The van der Waals surface area contributed by atoms with Crippen LogP contribution in [0.15, 0.2) is 42.5 Å². The Labute approximate surface area is 156 Å². The number of hydrogen-bond acceptors (Lipinski definition) is 1. The summed E-state index contributed by atoms with van der Waals surface area (Å²) in [5.41, 5.74) is -0.0305. The van der Waals surface area contributed by atoms with Crippen LogP contribution in [0.25, 0.3) is 0 Å². The largest absolute Gasteiger partial charge is 0.343 e. The number of hydrogen-bond donors (Lipinski definition) is 1. The van der Waals surface area contributed by atoms with E-state index >= 15 is 0 Å². The summed E-state index contributed by atoms with van der Waals surface area (Å²) < 4.78 is 29.8. The minimum Gasteiger partial charge on any atom is -0.343 e. The molecule has 2 rings (SSSR count). The maximum Gasteiger partial charge on any atom is 0.294 e. The molecule has 0 aliphatic carbocycles. The number of amides is 1. The highest BCUT2D eigenvalue weighted by molar-refractivity contribution is 14.1. The number of rotatable bonds is 4. The van der Waals surface area contributed by atoms with Gasteiger partial charge in [-0.3, -0.25) is 4.79 Å². The van der Waals surface area contributed by atoms with E-state index in [1.54, 1.807) is 24.3 Å². The fourth-order valence-electron chi connectivity index (χ4n) is 2.00. The van der Waals surface area contributed by atoms with E-state index in [4.69, 9.17) is 23.2 Å². The van der Waals surface area contributed by atoms with Gasteiger partial charge in [-0.2, -0.15) is 8.78 Å². The van der Waals surface area contributed by atoms with Gasteiger partial charge in [-0.05, 0) is 59.8 Å². The Morgan fingerprint density at radius 3 is 2.48 bits per heavy atom. The highest BCUT2D eigenvalue weighted by atomic mass is 127. The van der Waals surface area contributed by atoms with Crippen LogP contribution < -0.4 is 5.32 Å². The molecule has 7 heteroatoms. The van der Waals surface area contributed by atoms with E-state index in [9.17, 15) is 13.6 Å². The Balaban J connectivity index is 2.23. The number of halogens is 5. The molecule has 0 heterocycles. The zero-order valence-electron chi connectivity index (χ0n) is 11.9. The standard InChI is InChI=1S/C16H12Cl2F2INO/c1-9(22-15(23)11-4-2-3-5-14(11)21)16(19,20)12-7-6-10(17)8-13(12)18/h2-9H,1H3,(H,22,23)/t9-/m1/s1. The highest BCUT2D eigenvalue weighted by Crippen LogP contribution is 2.37. The second kappa shape index (κ2) is 7.32. The molecule has 1 atom stereocenters. The van der Waals surface area contributed by atoms with Gasteiger partial charge in [0, 0.05) is 14.2 Å². The predicted octanol–water partition coefficient (Wildman–Crippen LogP) is 5.51. The lowest BCUT2D eigenvalue weighted by Crippen LogP contribution is -2.44. The first kappa shape index (κ1) is 18.4. The lowest BCUT2D eigenvalue weighted by Gasteiger charge is -2.26. The molecule has 0 aromatic heterocycles. The molecule has 0 bridgehead atoms. The number of nitrogens with one attached hydrogen (secondary N) is 1. The Bertz CT molecular complexity index is 740. The Hall–Kier alpha value is -0.920. The summed E-state index contributed by atoms with van der Waals surface area (Å²) in [5, 5.41) is 2.46. The van der Waals surface area contributed by atoms with Crippen LogP contribution in [0.4, 0.5) is 8.78 Å². The second-order valence-corrected chi connectivity index (χ2v) is 6.93. The molecule has 2 aromatic carbocycles. The van der Waals surface area contributed by atoms with Crippen LogP contribution in [-0.2, 0) is 5.92 Å². The maximum atomic E-state index is 14.6. The molecule has 2 nitrogen and oxygen atoms in total. The van der Waals surface area contributed by atoms with Crippen molar-refractivity contribution in [2.45, 2.75) is 18.9 Å². The third-order valence-electron chi connectivity index (χ3n) is 3.30. The van der Waals surface area contributed by atoms with Crippen LogP contribution in [0.1, 0.15) is 22.8 Å². The van der Waals surface area contributed by atoms with E-state index in [2.05, 4.69) is 5.32 Å². The van der Waals surface area contributed by atoms with Crippen LogP contribution in [-0.4, -0.2) is 11.9 Å². The van der Waals surface area contributed by atoms with Crippen LogP contribution in [0.2, 0.25) is 10.0 Å². The molecule has 0 unspecified atom stereocenters. The predicted molar refractivity (Wildman–Crippen MR) is 96.4 cm³/mol. The summed E-state index contributed by atoms with van der Waals surface area (Å²) in [6, 6.07) is 9.07. The second-order valence-electron chi connectivity index (χ2n) is 4.92. The number of alkyl halides is 2. The van der Waals surface area contributed by atoms with E-state index in [0.29, 0.717) is 9.13 Å². The molecule has 0 aliphatic rings. The van der Waals surface area contributed by atoms with Crippen molar-refractivity contribution in [3.63, 3.8) is 0 Å². The van der Waals surface area contributed by atoms with Gasteiger partial charge in [0.25, 0.3) is 11.8 Å². The van der Waals surface area contributed by atoms with Gasteiger partial charge in [0.05, 0.1) is 16.6 Å². The fraction of sp³-hybridized carbons (Fsp3) is 0.188. The van der Waals surface area contributed by atoms with Crippen molar-refractivity contribution >= 4 is 51.7 Å². The van der Waals surface area contributed by atoms with Crippen molar-refractivity contribution in [1.82, 2.24) is 5.32 Å². The highest BCUT2D eigenvalue weighted by Gasteiger charge is 2.41. The van der Waals surface area contributed by atoms with Gasteiger partial charge in [-0.25, -0.2) is 0 Å². The minimum absolute atomic E-state index is 0.141. The topological polar surface area (TPSA) is 29.1 Å². The van der Waals surface area contributed by atoms with Crippen LogP contribution in [0.3, 0.4) is 0 Å². The maximum absolute atomic E-state index is 14.6. The van der Waals surface area contributed by atoms with Crippen molar-refractivity contribution in [3.05, 3.63) is 67.2 Å². The molecule has 0 fully saturated rings. The Kier molecular flexibility index (Phi) is 5.86. The smallest absolute Gasteiger partial charge is 0.294 e. The van der Waals surface area contributed by atoms with Crippen molar-refractivity contribution in [3.8, 4) is 0 Å². The van der Waals surface area contributed by atoms with Gasteiger partial charge in [0.1, 0.15) is 0 Å². The van der Waals surface area contributed by atoms with Gasteiger partial charge in [0.15, 0.2) is 0 Å². The van der Waals surface area contributed by atoms with E-state index in [1.165, 1.54) is 25.1 Å². The molecule has 0 aliphatic heterocycles. The molecule has 1 N–H and O–H groups in total. The van der Waals surface area contributed by atoms with Crippen LogP contribution >= 0.6 is 45.8 Å². The lowest BCUT2D eigenvalue weighted by atomic mass is 10.0. The van der Waals surface area contributed by atoms with Gasteiger partial charge >= 0.3 is 0 Å². The molecule has 0 spiro atoms. The number of carbonyl (C=O) groups excluding carboxylic acids is 1. The summed E-state index contributed by atoms with van der Waals surface area (Å²) >= 11 is 13.6. The van der Waals surface area contributed by atoms with Crippen molar-refractivity contribution in [1.29, 1.82) is 0 Å². The minimum atomic E-state index is -3.34. The SMILES string of the molecule is C[C@@H](NC(=O)c1ccccc1I)C(F)(F)c1ccc(Cl)cc1Cl. The fourth-order valence-corrected chi connectivity index (χ4v) is 3.17. The van der Waals surface area contributed by atoms with E-state index in [-0.39, 0.29) is 15.6 Å². The van der Waals surface area contributed by atoms with Gasteiger partial charge in [-0.15, -0.1) is 0 Å². The molecule has 2 aromatic rings. The zero-order chi connectivity index (χ0) is 17.2.